The van der Waals surface area contributed by atoms with Crippen LogP contribution in [0.25, 0.3) is 0 Å². The van der Waals surface area contributed by atoms with Crippen LogP contribution >= 0.6 is 0 Å². The molecular formula is C22H30O4. The van der Waals surface area contributed by atoms with Gasteiger partial charge >= 0.3 is 0 Å². The van der Waals surface area contributed by atoms with E-state index in [4.69, 9.17) is 9.15 Å². The van der Waals surface area contributed by atoms with Crippen molar-refractivity contribution in [2.24, 2.45) is 5.92 Å². The Morgan fingerprint density at radius 2 is 1.96 bits per heavy atom. The van der Waals surface area contributed by atoms with Gasteiger partial charge in [0.15, 0.2) is 5.43 Å². The van der Waals surface area contributed by atoms with Crippen LogP contribution in [-0.2, 0) is 5.41 Å². The molecule has 142 valence electrons. The Labute approximate surface area is 155 Å². The van der Waals surface area contributed by atoms with Gasteiger partial charge in [-0.1, -0.05) is 36.8 Å². The van der Waals surface area contributed by atoms with E-state index in [1.807, 2.05) is 27.7 Å². The number of aliphatic hydroxyl groups is 1. The van der Waals surface area contributed by atoms with Crippen molar-refractivity contribution in [3.8, 4) is 5.95 Å². The SMILES string of the molecule is C=C(C1C(C)=CC(C)=C[C@]1(C)c1oc(OC)c(C)c(=O)c1C)[C@@H](O)CC. The van der Waals surface area contributed by atoms with Crippen molar-refractivity contribution >= 4 is 0 Å². The van der Waals surface area contributed by atoms with Crippen molar-refractivity contribution in [3.63, 3.8) is 0 Å². The summed E-state index contributed by atoms with van der Waals surface area (Å²) in [5, 5.41) is 10.4. The summed E-state index contributed by atoms with van der Waals surface area (Å²) >= 11 is 0. The molecule has 1 aromatic heterocycles. The summed E-state index contributed by atoms with van der Waals surface area (Å²) < 4.78 is 11.4. The minimum atomic E-state index is -0.639. The average Bonchev–Trinajstić information content (AvgIpc) is 2.58. The van der Waals surface area contributed by atoms with Crippen molar-refractivity contribution in [1.29, 1.82) is 0 Å². The zero-order valence-corrected chi connectivity index (χ0v) is 16.9. The van der Waals surface area contributed by atoms with Crippen LogP contribution in [0.15, 0.2) is 44.7 Å². The fourth-order valence-corrected chi connectivity index (χ4v) is 4.27. The van der Waals surface area contributed by atoms with E-state index >= 15 is 0 Å². The van der Waals surface area contributed by atoms with Crippen molar-refractivity contribution in [1.82, 2.24) is 0 Å². The van der Waals surface area contributed by atoms with Gasteiger partial charge in [-0.2, -0.15) is 0 Å². The van der Waals surface area contributed by atoms with Crippen molar-refractivity contribution in [3.05, 3.63) is 62.6 Å². The van der Waals surface area contributed by atoms with E-state index in [9.17, 15) is 9.90 Å². The second-order valence-electron chi connectivity index (χ2n) is 7.49. The van der Waals surface area contributed by atoms with Gasteiger partial charge in [-0.3, -0.25) is 4.79 Å². The first-order valence-corrected chi connectivity index (χ1v) is 9.01. The van der Waals surface area contributed by atoms with Gasteiger partial charge in [0.25, 0.3) is 5.95 Å². The Balaban J connectivity index is 2.78. The molecule has 1 aromatic rings. The zero-order chi connectivity index (χ0) is 19.8. The van der Waals surface area contributed by atoms with Crippen LogP contribution in [0.3, 0.4) is 0 Å². The molecule has 26 heavy (non-hydrogen) atoms. The topological polar surface area (TPSA) is 59.7 Å². The predicted octanol–water partition coefficient (Wildman–Crippen LogP) is 4.37. The maximum atomic E-state index is 12.7. The summed E-state index contributed by atoms with van der Waals surface area (Å²) in [6.45, 7) is 15.7. The molecule has 1 heterocycles. The molecule has 2 rings (SSSR count). The van der Waals surface area contributed by atoms with Crippen LogP contribution in [0.4, 0.5) is 0 Å². The summed E-state index contributed by atoms with van der Waals surface area (Å²) in [5.74, 6) is 0.622. The number of methoxy groups -OCH3 is 1. The van der Waals surface area contributed by atoms with Gasteiger partial charge in [-0.25, -0.2) is 0 Å². The number of aliphatic hydroxyl groups excluding tert-OH is 1. The fourth-order valence-electron chi connectivity index (χ4n) is 4.27. The number of allylic oxidation sites excluding steroid dienone is 4. The molecule has 0 radical (unpaired) electrons. The molecule has 0 spiro atoms. The first kappa shape index (κ1) is 20.2. The summed E-state index contributed by atoms with van der Waals surface area (Å²) in [4.78, 5) is 12.7. The molecule has 4 nitrogen and oxygen atoms in total. The molecule has 0 bridgehead atoms. The van der Waals surface area contributed by atoms with Gasteiger partial charge in [-0.05, 0) is 46.6 Å². The highest BCUT2D eigenvalue weighted by Gasteiger charge is 2.44. The summed E-state index contributed by atoms with van der Waals surface area (Å²) in [6, 6.07) is 0. The van der Waals surface area contributed by atoms with E-state index in [2.05, 4.69) is 18.7 Å². The Morgan fingerprint density at radius 3 is 2.50 bits per heavy atom. The van der Waals surface area contributed by atoms with E-state index in [1.54, 1.807) is 13.8 Å². The molecule has 0 aromatic carbocycles. The Bertz CT molecular complexity index is 840. The van der Waals surface area contributed by atoms with E-state index < -0.39 is 11.5 Å². The lowest BCUT2D eigenvalue weighted by molar-refractivity contribution is 0.181. The number of hydrogen-bond donors (Lipinski definition) is 1. The van der Waals surface area contributed by atoms with Crippen molar-refractivity contribution in [2.75, 3.05) is 7.11 Å². The molecule has 4 heteroatoms. The third kappa shape index (κ3) is 3.18. The standard InChI is InChI=1S/C22H30O4/c1-9-17(23)14(4)18-13(3)10-12(2)11-22(18,7)20-15(5)19(24)16(6)21(25-8)26-20/h10-11,17-18,23H,4,9H2,1-3,5-8H3/t17-,18?,22-/m0/s1. The number of ether oxygens (including phenoxy) is 1. The molecule has 1 aliphatic carbocycles. The Hall–Kier alpha value is -2.07. The smallest absolute Gasteiger partial charge is 0.291 e. The summed E-state index contributed by atoms with van der Waals surface area (Å²) in [5.41, 5.74) is 3.21. The molecule has 1 N–H and O–H groups in total. The molecular weight excluding hydrogens is 328 g/mol. The van der Waals surface area contributed by atoms with E-state index in [1.165, 1.54) is 7.11 Å². The first-order valence-electron chi connectivity index (χ1n) is 9.01. The van der Waals surface area contributed by atoms with Crippen LogP contribution in [0.2, 0.25) is 0 Å². The van der Waals surface area contributed by atoms with Crippen LogP contribution in [-0.4, -0.2) is 18.3 Å². The van der Waals surface area contributed by atoms with E-state index in [-0.39, 0.29) is 17.3 Å². The summed E-state index contributed by atoms with van der Waals surface area (Å²) in [7, 11) is 1.50. The highest BCUT2D eigenvalue weighted by molar-refractivity contribution is 5.47. The largest absolute Gasteiger partial charge is 0.468 e. The van der Waals surface area contributed by atoms with Gasteiger partial charge in [0, 0.05) is 11.5 Å². The minimum absolute atomic E-state index is 0.0806. The highest BCUT2D eigenvalue weighted by atomic mass is 16.6. The highest BCUT2D eigenvalue weighted by Crippen LogP contribution is 2.47. The van der Waals surface area contributed by atoms with Crippen LogP contribution in [0.1, 0.15) is 51.0 Å². The van der Waals surface area contributed by atoms with Gasteiger partial charge in [0.05, 0.1) is 24.2 Å². The Morgan fingerprint density at radius 1 is 1.35 bits per heavy atom. The molecule has 0 saturated heterocycles. The van der Waals surface area contributed by atoms with Crippen LogP contribution in [0.5, 0.6) is 5.95 Å². The minimum Gasteiger partial charge on any atom is -0.468 e. The lowest BCUT2D eigenvalue weighted by atomic mass is 9.63. The maximum absolute atomic E-state index is 12.7. The third-order valence-electron chi connectivity index (χ3n) is 5.42. The van der Waals surface area contributed by atoms with Gasteiger partial charge in [0.1, 0.15) is 5.76 Å². The fraction of sp³-hybridized carbons (Fsp3) is 0.500. The van der Waals surface area contributed by atoms with Crippen molar-refractivity contribution < 1.29 is 14.3 Å². The van der Waals surface area contributed by atoms with Crippen molar-refractivity contribution in [2.45, 2.75) is 59.5 Å². The molecule has 3 atom stereocenters. The van der Waals surface area contributed by atoms with Gasteiger partial charge in [-0.15, -0.1) is 0 Å². The monoisotopic (exact) mass is 358 g/mol. The lowest BCUT2D eigenvalue weighted by Crippen LogP contribution is -2.39. The van der Waals surface area contributed by atoms with E-state index in [0.29, 0.717) is 23.3 Å². The van der Waals surface area contributed by atoms with E-state index in [0.717, 1.165) is 16.7 Å². The predicted molar refractivity (Wildman–Crippen MR) is 105 cm³/mol. The molecule has 0 amide bonds. The lowest BCUT2D eigenvalue weighted by Gasteiger charge is -2.41. The molecule has 1 aliphatic rings. The van der Waals surface area contributed by atoms with Crippen LogP contribution < -0.4 is 10.2 Å². The maximum Gasteiger partial charge on any atom is 0.291 e. The van der Waals surface area contributed by atoms with Gasteiger partial charge < -0.3 is 14.3 Å². The summed E-state index contributed by atoms with van der Waals surface area (Å²) in [6.07, 6.45) is 4.16. The van der Waals surface area contributed by atoms with Crippen LogP contribution in [0, 0.1) is 19.8 Å². The van der Waals surface area contributed by atoms with Gasteiger partial charge in [0.2, 0.25) is 0 Å². The second-order valence-corrected chi connectivity index (χ2v) is 7.49. The second kappa shape index (κ2) is 7.28. The number of hydrogen-bond acceptors (Lipinski definition) is 4. The average molecular weight is 358 g/mol. The number of rotatable bonds is 5. The normalized spacial score (nSPS) is 23.9. The quantitative estimate of drug-likeness (QED) is 0.794. The molecule has 0 fully saturated rings. The Kier molecular flexibility index (Phi) is 5.67. The molecule has 0 saturated carbocycles. The molecule has 0 aliphatic heterocycles. The third-order valence-corrected chi connectivity index (χ3v) is 5.42. The first-order chi connectivity index (χ1) is 12.1. The zero-order valence-electron chi connectivity index (χ0n) is 16.9. The molecule has 1 unspecified atom stereocenters.